The molecule has 0 unspecified atom stereocenters. The molecule has 0 aliphatic heterocycles. The third-order valence-corrected chi connectivity index (χ3v) is 4.01. The number of hydrogen-bond acceptors (Lipinski definition) is 4. The van der Waals surface area contributed by atoms with E-state index in [1.54, 1.807) is 7.05 Å². The second-order valence-electron chi connectivity index (χ2n) is 5.87. The number of nitrogens with zero attached hydrogens (tertiary/aromatic N) is 3. The lowest BCUT2D eigenvalue weighted by molar-refractivity contribution is 0.372. The van der Waals surface area contributed by atoms with Crippen molar-refractivity contribution in [3.63, 3.8) is 0 Å². The van der Waals surface area contributed by atoms with Gasteiger partial charge in [-0.25, -0.2) is 0 Å². The molecule has 0 atom stereocenters. The Morgan fingerprint density at radius 1 is 1.19 bits per heavy atom. The lowest BCUT2D eigenvalue weighted by atomic mass is 10.1. The molecule has 3 aromatic rings. The van der Waals surface area contributed by atoms with Crippen molar-refractivity contribution in [3.8, 4) is 0 Å². The average molecular weight is 468 g/mol. The highest BCUT2D eigenvalue weighted by Gasteiger charge is 2.04. The number of aromatic nitrogens is 3. The Balaban J connectivity index is 0.00000243. The monoisotopic (exact) mass is 468 g/mol. The van der Waals surface area contributed by atoms with Gasteiger partial charge in [-0.05, 0) is 31.4 Å². The molecule has 0 amide bonds. The molecular formula is C18H25IN6O. The lowest BCUT2D eigenvalue weighted by Gasteiger charge is -2.11. The summed E-state index contributed by atoms with van der Waals surface area (Å²) < 4.78 is 5.10. The van der Waals surface area contributed by atoms with E-state index in [4.69, 9.17) is 4.52 Å². The Labute approximate surface area is 170 Å². The first kappa shape index (κ1) is 20.2. The molecule has 0 bridgehead atoms. The van der Waals surface area contributed by atoms with Crippen LogP contribution in [0.15, 0.2) is 40.0 Å². The summed E-state index contributed by atoms with van der Waals surface area (Å²) in [6.07, 6.45) is 4.69. The average Bonchev–Trinajstić information content (AvgIpc) is 3.23. The molecule has 2 aromatic heterocycles. The van der Waals surface area contributed by atoms with Crippen LogP contribution in [0.4, 0.5) is 0 Å². The Morgan fingerprint density at radius 2 is 2.00 bits per heavy atom. The standard InChI is InChI=1S/C18H24N6O.HI/c1-13-23-17(25-24-13)8-5-10-20-18(19-2)21-11-9-14-12-22-16-7-4-3-6-15(14)16;/h3-4,6-7,12,22H,5,8-11H2,1-2H3,(H2,19,20,21);1H. The molecule has 0 saturated heterocycles. The molecular weight excluding hydrogens is 443 g/mol. The van der Waals surface area contributed by atoms with Gasteiger partial charge in [-0.3, -0.25) is 4.99 Å². The number of fused-ring (bicyclic) bond motifs is 1. The molecule has 0 saturated carbocycles. The number of rotatable bonds is 7. The topological polar surface area (TPSA) is 91.1 Å². The van der Waals surface area contributed by atoms with Gasteiger partial charge in [0.05, 0.1) is 0 Å². The van der Waals surface area contributed by atoms with Crippen LogP contribution in [0.2, 0.25) is 0 Å². The predicted molar refractivity (Wildman–Crippen MR) is 114 cm³/mol. The molecule has 1 aromatic carbocycles. The molecule has 8 heteroatoms. The Kier molecular flexibility index (Phi) is 7.89. The van der Waals surface area contributed by atoms with Crippen molar-refractivity contribution < 1.29 is 4.52 Å². The number of H-pyrrole nitrogens is 1. The van der Waals surface area contributed by atoms with E-state index in [1.165, 1.54) is 16.5 Å². The van der Waals surface area contributed by atoms with Gasteiger partial charge < -0.3 is 20.1 Å². The van der Waals surface area contributed by atoms with Crippen LogP contribution in [0.1, 0.15) is 23.7 Å². The summed E-state index contributed by atoms with van der Waals surface area (Å²) >= 11 is 0. The smallest absolute Gasteiger partial charge is 0.226 e. The fraction of sp³-hybridized carbons (Fsp3) is 0.389. The number of benzene rings is 1. The normalized spacial score (nSPS) is 11.4. The van der Waals surface area contributed by atoms with Crippen LogP contribution in [-0.2, 0) is 12.8 Å². The van der Waals surface area contributed by atoms with Crippen LogP contribution in [-0.4, -0.2) is 41.2 Å². The van der Waals surface area contributed by atoms with Gasteiger partial charge in [-0.2, -0.15) is 4.98 Å². The Morgan fingerprint density at radius 3 is 2.77 bits per heavy atom. The summed E-state index contributed by atoms with van der Waals surface area (Å²) in [5.41, 5.74) is 2.49. The SMILES string of the molecule is CN=C(NCCCc1nc(C)no1)NCCc1c[nH]c2ccccc12.I. The van der Waals surface area contributed by atoms with Crippen molar-refractivity contribution in [1.82, 2.24) is 25.8 Å². The van der Waals surface area contributed by atoms with Crippen molar-refractivity contribution in [1.29, 1.82) is 0 Å². The predicted octanol–water partition coefficient (Wildman–Crippen LogP) is 2.82. The highest BCUT2D eigenvalue weighted by atomic mass is 127. The van der Waals surface area contributed by atoms with E-state index in [1.807, 2.05) is 13.0 Å². The zero-order valence-corrected chi connectivity index (χ0v) is 17.4. The molecule has 7 nitrogen and oxygen atoms in total. The van der Waals surface area contributed by atoms with E-state index in [0.717, 1.165) is 38.3 Å². The summed E-state index contributed by atoms with van der Waals surface area (Å²) in [4.78, 5) is 11.8. The van der Waals surface area contributed by atoms with Gasteiger partial charge in [0.15, 0.2) is 11.8 Å². The minimum atomic E-state index is 0. The van der Waals surface area contributed by atoms with Crippen molar-refractivity contribution in [2.45, 2.75) is 26.2 Å². The van der Waals surface area contributed by atoms with Crippen LogP contribution in [0.5, 0.6) is 0 Å². The molecule has 3 rings (SSSR count). The van der Waals surface area contributed by atoms with Crippen LogP contribution < -0.4 is 10.6 Å². The van der Waals surface area contributed by atoms with Gasteiger partial charge >= 0.3 is 0 Å². The molecule has 0 aliphatic carbocycles. The summed E-state index contributed by atoms with van der Waals surface area (Å²) in [6, 6.07) is 8.35. The van der Waals surface area contributed by atoms with Crippen LogP contribution >= 0.6 is 24.0 Å². The summed E-state index contributed by atoms with van der Waals surface area (Å²) in [5, 5.41) is 11.7. The van der Waals surface area contributed by atoms with Crippen molar-refractivity contribution >= 4 is 40.8 Å². The van der Waals surface area contributed by atoms with E-state index >= 15 is 0 Å². The number of hydrogen-bond donors (Lipinski definition) is 3. The minimum Gasteiger partial charge on any atom is -0.361 e. The lowest BCUT2D eigenvalue weighted by Crippen LogP contribution is -2.38. The number of aromatic amines is 1. The minimum absolute atomic E-state index is 0. The summed E-state index contributed by atoms with van der Waals surface area (Å²) in [6.45, 7) is 3.45. The van der Waals surface area contributed by atoms with Crippen molar-refractivity contribution in [3.05, 3.63) is 47.7 Å². The van der Waals surface area contributed by atoms with Gasteiger partial charge in [-0.1, -0.05) is 23.4 Å². The first-order valence-electron chi connectivity index (χ1n) is 8.55. The van der Waals surface area contributed by atoms with Crippen molar-refractivity contribution in [2.75, 3.05) is 20.1 Å². The van der Waals surface area contributed by atoms with E-state index in [0.29, 0.717) is 11.7 Å². The maximum absolute atomic E-state index is 5.10. The third-order valence-electron chi connectivity index (χ3n) is 4.01. The quantitative estimate of drug-likeness (QED) is 0.215. The number of para-hydroxylation sites is 1. The van der Waals surface area contributed by atoms with Crippen molar-refractivity contribution in [2.24, 2.45) is 4.99 Å². The van der Waals surface area contributed by atoms with Gasteiger partial charge in [0.2, 0.25) is 5.89 Å². The zero-order chi connectivity index (χ0) is 17.5. The van der Waals surface area contributed by atoms with Crippen LogP contribution in [0.3, 0.4) is 0 Å². The molecule has 2 heterocycles. The van der Waals surface area contributed by atoms with Gasteiger partial charge in [0, 0.05) is 43.7 Å². The summed E-state index contributed by atoms with van der Waals surface area (Å²) in [7, 11) is 1.78. The number of guanidine groups is 1. The molecule has 26 heavy (non-hydrogen) atoms. The van der Waals surface area contributed by atoms with E-state index in [2.05, 4.69) is 55.1 Å². The fourth-order valence-electron chi connectivity index (χ4n) is 2.76. The van der Waals surface area contributed by atoms with Crippen LogP contribution in [0.25, 0.3) is 10.9 Å². The van der Waals surface area contributed by atoms with E-state index in [-0.39, 0.29) is 24.0 Å². The first-order chi connectivity index (χ1) is 12.3. The molecule has 0 spiro atoms. The highest BCUT2D eigenvalue weighted by molar-refractivity contribution is 14.0. The molecule has 0 fully saturated rings. The van der Waals surface area contributed by atoms with Crippen LogP contribution in [0, 0.1) is 6.92 Å². The maximum Gasteiger partial charge on any atom is 0.226 e. The number of halogens is 1. The highest BCUT2D eigenvalue weighted by Crippen LogP contribution is 2.17. The van der Waals surface area contributed by atoms with Gasteiger partial charge in [0.1, 0.15) is 0 Å². The fourth-order valence-corrected chi connectivity index (χ4v) is 2.76. The molecule has 0 radical (unpaired) electrons. The van der Waals surface area contributed by atoms with E-state index < -0.39 is 0 Å². The zero-order valence-electron chi connectivity index (χ0n) is 15.1. The molecule has 140 valence electrons. The van der Waals surface area contributed by atoms with Gasteiger partial charge in [-0.15, -0.1) is 24.0 Å². The van der Waals surface area contributed by atoms with E-state index in [9.17, 15) is 0 Å². The second kappa shape index (κ2) is 10.1. The molecule has 3 N–H and O–H groups in total. The number of nitrogens with one attached hydrogen (secondary N) is 3. The first-order valence-corrected chi connectivity index (χ1v) is 8.55. The number of aryl methyl sites for hydroxylation is 2. The Bertz CT molecular complexity index is 841. The third kappa shape index (κ3) is 5.45. The Hall–Kier alpha value is -2.10. The number of aliphatic imine (C=N–C) groups is 1. The maximum atomic E-state index is 5.10. The summed E-state index contributed by atoms with van der Waals surface area (Å²) in [5.74, 6) is 2.17. The molecule has 0 aliphatic rings. The largest absolute Gasteiger partial charge is 0.361 e. The van der Waals surface area contributed by atoms with Gasteiger partial charge in [0.25, 0.3) is 0 Å². The second-order valence-corrected chi connectivity index (χ2v) is 5.87.